The molecule has 1 unspecified atom stereocenters. The molecule has 5 rings (SSSR count). The van der Waals surface area contributed by atoms with Crippen molar-refractivity contribution in [3.8, 4) is 5.75 Å². The van der Waals surface area contributed by atoms with Crippen LogP contribution < -0.4 is 9.64 Å². The van der Waals surface area contributed by atoms with E-state index < -0.39 is 0 Å². The van der Waals surface area contributed by atoms with Crippen LogP contribution in [0.25, 0.3) is 0 Å². The molecule has 3 aliphatic heterocycles. The summed E-state index contributed by atoms with van der Waals surface area (Å²) in [6.07, 6.45) is 1.83. The van der Waals surface area contributed by atoms with E-state index in [9.17, 15) is 9.59 Å². The van der Waals surface area contributed by atoms with Crippen molar-refractivity contribution in [1.29, 1.82) is 0 Å². The third kappa shape index (κ3) is 5.04. The number of anilines is 1. The number of benzene rings is 2. The summed E-state index contributed by atoms with van der Waals surface area (Å²) in [5, 5.41) is 0.622. The molecule has 0 saturated carbocycles. The van der Waals surface area contributed by atoms with Crippen molar-refractivity contribution < 1.29 is 14.3 Å². The Bertz CT molecular complexity index is 1110. The highest BCUT2D eigenvalue weighted by Gasteiger charge is 2.38. The Kier molecular flexibility index (Phi) is 7.39. The van der Waals surface area contributed by atoms with Crippen molar-refractivity contribution in [3.63, 3.8) is 0 Å². The van der Waals surface area contributed by atoms with E-state index in [1.807, 2.05) is 51.1 Å². The molecule has 3 aliphatic rings. The van der Waals surface area contributed by atoms with Gasteiger partial charge in [-0.15, -0.1) is 0 Å². The molecule has 7 nitrogen and oxygen atoms in total. The van der Waals surface area contributed by atoms with Gasteiger partial charge in [0.1, 0.15) is 5.75 Å². The van der Waals surface area contributed by atoms with Gasteiger partial charge in [-0.3, -0.25) is 9.59 Å². The number of methoxy groups -OCH3 is 1. The van der Waals surface area contributed by atoms with Gasteiger partial charge in [-0.25, -0.2) is 0 Å². The van der Waals surface area contributed by atoms with E-state index in [1.165, 1.54) is 5.56 Å². The molecule has 0 aliphatic carbocycles. The molecule has 3 heterocycles. The van der Waals surface area contributed by atoms with Gasteiger partial charge >= 0.3 is 0 Å². The monoisotopic (exact) mass is 510 g/mol. The molecule has 0 N–H and O–H groups in total. The summed E-state index contributed by atoms with van der Waals surface area (Å²) in [5.41, 5.74) is 3.11. The highest BCUT2D eigenvalue weighted by atomic mass is 35.5. The molecular formula is C28H35ClN4O3. The van der Waals surface area contributed by atoms with Crippen molar-refractivity contribution >= 4 is 29.1 Å². The minimum atomic E-state index is -0.277. The van der Waals surface area contributed by atoms with Crippen LogP contribution in [0.3, 0.4) is 0 Å². The summed E-state index contributed by atoms with van der Waals surface area (Å²) >= 11 is 6.33. The molecule has 192 valence electrons. The number of nitrogens with zero attached hydrogens (tertiary/aromatic N) is 4. The largest absolute Gasteiger partial charge is 0.496 e. The van der Waals surface area contributed by atoms with E-state index in [0.29, 0.717) is 17.5 Å². The lowest BCUT2D eigenvalue weighted by Gasteiger charge is -2.35. The SMILES string of the molecule is COc1ccccc1C1CCN(C(=O)C2CN(CC(=O)N3CCN(C)CC3)c3cc(Cl)ccc32)CC1. The number of halogens is 1. The quantitative estimate of drug-likeness (QED) is 0.617. The second kappa shape index (κ2) is 10.7. The van der Waals surface area contributed by atoms with E-state index in [1.54, 1.807) is 7.11 Å². The molecule has 0 bridgehead atoms. The Balaban J connectivity index is 1.26. The second-order valence-electron chi connectivity index (χ2n) is 10.2. The van der Waals surface area contributed by atoms with Gasteiger partial charge in [-0.2, -0.15) is 0 Å². The van der Waals surface area contributed by atoms with Gasteiger partial charge in [0.2, 0.25) is 11.8 Å². The van der Waals surface area contributed by atoms with Crippen LogP contribution in [0, 0.1) is 0 Å². The van der Waals surface area contributed by atoms with Gasteiger partial charge in [0.25, 0.3) is 0 Å². The Hall–Kier alpha value is -2.77. The number of hydrogen-bond acceptors (Lipinski definition) is 5. The molecule has 0 aromatic heterocycles. The van der Waals surface area contributed by atoms with Crippen LogP contribution >= 0.6 is 11.6 Å². The van der Waals surface area contributed by atoms with E-state index >= 15 is 0 Å². The van der Waals surface area contributed by atoms with Crippen molar-refractivity contribution in [2.24, 2.45) is 0 Å². The summed E-state index contributed by atoms with van der Waals surface area (Å²) in [7, 11) is 3.79. The standard InChI is InChI=1S/C28H35ClN4O3/c1-30-13-15-31(16-14-30)27(34)19-33-18-24(23-8-7-21(29)17-25(23)33)28(35)32-11-9-20(10-12-32)22-5-3-4-6-26(22)36-2/h3-8,17,20,24H,9-16,18-19H2,1-2H3. The second-order valence-corrected chi connectivity index (χ2v) is 10.6. The third-order valence-electron chi connectivity index (χ3n) is 7.98. The summed E-state index contributed by atoms with van der Waals surface area (Å²) in [6, 6.07) is 13.9. The maximum Gasteiger partial charge on any atom is 0.242 e. The first-order valence-electron chi connectivity index (χ1n) is 12.9. The molecule has 8 heteroatoms. The van der Waals surface area contributed by atoms with Crippen LogP contribution in [-0.2, 0) is 9.59 Å². The number of piperazine rings is 1. The van der Waals surface area contributed by atoms with Gasteiger partial charge in [-0.1, -0.05) is 35.9 Å². The van der Waals surface area contributed by atoms with Gasteiger partial charge in [-0.05, 0) is 55.1 Å². The van der Waals surface area contributed by atoms with E-state index in [0.717, 1.165) is 69.1 Å². The zero-order chi connectivity index (χ0) is 25.2. The highest BCUT2D eigenvalue weighted by molar-refractivity contribution is 6.31. The molecule has 2 amide bonds. The first-order chi connectivity index (χ1) is 17.4. The Morgan fingerprint density at radius 3 is 2.39 bits per heavy atom. The number of fused-ring (bicyclic) bond motifs is 1. The number of amides is 2. The zero-order valence-electron chi connectivity index (χ0n) is 21.2. The lowest BCUT2D eigenvalue weighted by atomic mass is 9.88. The smallest absolute Gasteiger partial charge is 0.242 e. The Morgan fingerprint density at radius 2 is 1.67 bits per heavy atom. The van der Waals surface area contributed by atoms with Crippen LogP contribution in [-0.4, -0.2) is 93.0 Å². The van der Waals surface area contributed by atoms with Gasteiger partial charge in [0.05, 0.1) is 19.6 Å². The topological polar surface area (TPSA) is 56.3 Å². The normalized spacial score (nSPS) is 21.0. The van der Waals surface area contributed by atoms with Gasteiger partial charge in [0, 0.05) is 56.5 Å². The molecule has 2 saturated heterocycles. The fourth-order valence-corrected chi connectivity index (χ4v) is 5.98. The van der Waals surface area contributed by atoms with Crippen LogP contribution in [0.1, 0.15) is 35.8 Å². The highest BCUT2D eigenvalue weighted by Crippen LogP contribution is 2.40. The fourth-order valence-electron chi connectivity index (χ4n) is 5.82. The molecule has 0 radical (unpaired) electrons. The van der Waals surface area contributed by atoms with Crippen LogP contribution in [0.15, 0.2) is 42.5 Å². The van der Waals surface area contributed by atoms with Crippen LogP contribution in [0.4, 0.5) is 5.69 Å². The minimum absolute atomic E-state index is 0.111. The summed E-state index contributed by atoms with van der Waals surface area (Å²) in [6.45, 7) is 5.50. The molecule has 36 heavy (non-hydrogen) atoms. The summed E-state index contributed by atoms with van der Waals surface area (Å²) in [5.74, 6) is 1.29. The molecule has 2 aromatic carbocycles. The zero-order valence-corrected chi connectivity index (χ0v) is 21.9. The number of carbonyl (C=O) groups is 2. The maximum atomic E-state index is 13.7. The number of rotatable bonds is 5. The van der Waals surface area contributed by atoms with Gasteiger partial charge in [0.15, 0.2) is 0 Å². The first kappa shape index (κ1) is 24.9. The minimum Gasteiger partial charge on any atom is -0.496 e. The molecular weight excluding hydrogens is 476 g/mol. The maximum absolute atomic E-state index is 13.7. The summed E-state index contributed by atoms with van der Waals surface area (Å²) in [4.78, 5) is 35.0. The van der Waals surface area contributed by atoms with E-state index in [-0.39, 0.29) is 24.3 Å². The predicted molar refractivity (Wildman–Crippen MR) is 142 cm³/mol. The third-order valence-corrected chi connectivity index (χ3v) is 8.21. The first-order valence-corrected chi connectivity index (χ1v) is 13.2. The molecule has 0 spiro atoms. The molecule has 2 fully saturated rings. The van der Waals surface area contributed by atoms with E-state index in [4.69, 9.17) is 16.3 Å². The number of piperidine rings is 1. The van der Waals surface area contributed by atoms with Crippen molar-refractivity contribution in [1.82, 2.24) is 14.7 Å². The summed E-state index contributed by atoms with van der Waals surface area (Å²) < 4.78 is 5.57. The predicted octanol–water partition coefficient (Wildman–Crippen LogP) is 3.43. The van der Waals surface area contributed by atoms with Crippen LogP contribution in [0.2, 0.25) is 5.02 Å². The van der Waals surface area contributed by atoms with Crippen molar-refractivity contribution in [2.75, 3.05) is 71.4 Å². The molecule has 2 aromatic rings. The van der Waals surface area contributed by atoms with E-state index in [2.05, 4.69) is 18.0 Å². The number of likely N-dealkylation sites (tertiary alicyclic amines) is 1. The number of hydrogen-bond donors (Lipinski definition) is 0. The number of carbonyl (C=O) groups excluding carboxylic acids is 2. The molecule has 1 atom stereocenters. The van der Waals surface area contributed by atoms with Crippen molar-refractivity contribution in [3.05, 3.63) is 58.6 Å². The number of likely N-dealkylation sites (N-methyl/N-ethyl adjacent to an activating group) is 1. The lowest BCUT2D eigenvalue weighted by Crippen LogP contribution is -2.50. The lowest BCUT2D eigenvalue weighted by molar-refractivity contribution is -0.134. The fraction of sp³-hybridized carbons (Fsp3) is 0.500. The van der Waals surface area contributed by atoms with Crippen molar-refractivity contribution in [2.45, 2.75) is 24.7 Å². The number of ether oxygens (including phenoxy) is 1. The number of para-hydroxylation sites is 1. The average Bonchev–Trinajstić information content (AvgIpc) is 3.25. The average molecular weight is 511 g/mol. The van der Waals surface area contributed by atoms with Gasteiger partial charge < -0.3 is 24.3 Å². The Labute approximate surface area is 218 Å². The Morgan fingerprint density at radius 1 is 0.944 bits per heavy atom. The van der Waals surface area contributed by atoms with Crippen LogP contribution in [0.5, 0.6) is 5.75 Å².